The van der Waals surface area contributed by atoms with Crippen LogP contribution in [-0.2, 0) is 6.54 Å². The summed E-state index contributed by atoms with van der Waals surface area (Å²) in [7, 11) is 0. The van der Waals surface area contributed by atoms with Crippen molar-refractivity contribution in [2.45, 2.75) is 26.5 Å². The first kappa shape index (κ1) is 14.7. The molecular formula is C16H17ClFNO. The fourth-order valence-corrected chi connectivity index (χ4v) is 1.99. The molecule has 2 rings (SSSR count). The molecule has 0 fully saturated rings. The molecule has 2 aromatic carbocycles. The lowest BCUT2D eigenvalue weighted by molar-refractivity contribution is 0.242. The lowest BCUT2D eigenvalue weighted by Crippen LogP contribution is -2.06. The number of hydrogen-bond acceptors (Lipinski definition) is 2. The number of halogens is 2. The Kier molecular flexibility index (Phi) is 4.85. The SMILES string of the molecule is CC(C)Oc1cccc(CNc2ccc(Cl)cc2F)c1. The van der Waals surface area contributed by atoms with Crippen molar-refractivity contribution >= 4 is 17.3 Å². The van der Waals surface area contributed by atoms with Crippen molar-refractivity contribution in [2.24, 2.45) is 0 Å². The van der Waals surface area contributed by atoms with Crippen LogP contribution in [0.15, 0.2) is 42.5 Å². The number of nitrogens with one attached hydrogen (secondary N) is 1. The molecule has 0 spiro atoms. The molecule has 0 aliphatic carbocycles. The molecule has 0 saturated heterocycles. The Hall–Kier alpha value is -1.74. The van der Waals surface area contributed by atoms with Crippen LogP contribution >= 0.6 is 11.6 Å². The molecule has 0 bridgehead atoms. The van der Waals surface area contributed by atoms with Crippen LogP contribution in [0.3, 0.4) is 0 Å². The van der Waals surface area contributed by atoms with E-state index in [1.54, 1.807) is 12.1 Å². The Morgan fingerprint density at radius 2 is 2.00 bits per heavy atom. The Labute approximate surface area is 123 Å². The van der Waals surface area contributed by atoms with Gasteiger partial charge in [0.1, 0.15) is 11.6 Å². The summed E-state index contributed by atoms with van der Waals surface area (Å²) in [6.07, 6.45) is 0.131. The summed E-state index contributed by atoms with van der Waals surface area (Å²) >= 11 is 5.72. The third kappa shape index (κ3) is 4.14. The zero-order chi connectivity index (χ0) is 14.5. The number of hydrogen-bond donors (Lipinski definition) is 1. The predicted molar refractivity (Wildman–Crippen MR) is 80.9 cm³/mol. The van der Waals surface area contributed by atoms with E-state index in [0.717, 1.165) is 11.3 Å². The van der Waals surface area contributed by atoms with E-state index in [0.29, 0.717) is 17.3 Å². The van der Waals surface area contributed by atoms with Crippen molar-refractivity contribution in [2.75, 3.05) is 5.32 Å². The van der Waals surface area contributed by atoms with Gasteiger partial charge in [-0.05, 0) is 49.7 Å². The summed E-state index contributed by atoms with van der Waals surface area (Å²) in [5.74, 6) is 0.461. The van der Waals surface area contributed by atoms with Gasteiger partial charge in [-0.25, -0.2) is 4.39 Å². The minimum Gasteiger partial charge on any atom is -0.491 e. The van der Waals surface area contributed by atoms with Gasteiger partial charge in [-0.3, -0.25) is 0 Å². The normalized spacial score (nSPS) is 10.7. The quantitative estimate of drug-likeness (QED) is 0.848. The summed E-state index contributed by atoms with van der Waals surface area (Å²) in [5.41, 5.74) is 1.46. The Morgan fingerprint density at radius 1 is 1.20 bits per heavy atom. The van der Waals surface area contributed by atoms with E-state index >= 15 is 0 Å². The van der Waals surface area contributed by atoms with Crippen LogP contribution in [0.5, 0.6) is 5.75 Å². The van der Waals surface area contributed by atoms with Crippen LogP contribution in [-0.4, -0.2) is 6.10 Å². The minimum absolute atomic E-state index is 0.131. The molecule has 2 aromatic rings. The molecule has 106 valence electrons. The summed E-state index contributed by atoms with van der Waals surface area (Å²) in [4.78, 5) is 0. The minimum atomic E-state index is -0.355. The molecule has 0 unspecified atom stereocenters. The zero-order valence-electron chi connectivity index (χ0n) is 11.5. The first-order valence-corrected chi connectivity index (χ1v) is 6.87. The van der Waals surface area contributed by atoms with Gasteiger partial charge < -0.3 is 10.1 Å². The standard InChI is InChI=1S/C16H17ClFNO/c1-11(2)20-14-5-3-4-12(8-14)10-19-16-7-6-13(17)9-15(16)18/h3-9,11,19H,10H2,1-2H3. The van der Waals surface area contributed by atoms with Gasteiger partial charge in [0.25, 0.3) is 0 Å². The third-order valence-electron chi connectivity index (χ3n) is 2.68. The van der Waals surface area contributed by atoms with Gasteiger partial charge in [-0.1, -0.05) is 23.7 Å². The summed E-state index contributed by atoms with van der Waals surface area (Å²) < 4.78 is 19.3. The van der Waals surface area contributed by atoms with Gasteiger partial charge in [-0.2, -0.15) is 0 Å². The largest absolute Gasteiger partial charge is 0.491 e. The molecule has 0 aliphatic rings. The van der Waals surface area contributed by atoms with Crippen LogP contribution in [0.25, 0.3) is 0 Å². The smallest absolute Gasteiger partial charge is 0.147 e. The topological polar surface area (TPSA) is 21.3 Å². The maximum absolute atomic E-state index is 13.6. The van der Waals surface area contributed by atoms with E-state index in [-0.39, 0.29) is 11.9 Å². The van der Waals surface area contributed by atoms with Crippen molar-refractivity contribution in [1.29, 1.82) is 0 Å². The molecule has 0 atom stereocenters. The van der Waals surface area contributed by atoms with Crippen LogP contribution in [0.1, 0.15) is 19.4 Å². The number of anilines is 1. The highest BCUT2D eigenvalue weighted by Crippen LogP contribution is 2.20. The molecule has 20 heavy (non-hydrogen) atoms. The molecule has 2 nitrogen and oxygen atoms in total. The fourth-order valence-electron chi connectivity index (χ4n) is 1.83. The van der Waals surface area contributed by atoms with E-state index in [4.69, 9.17) is 16.3 Å². The maximum Gasteiger partial charge on any atom is 0.147 e. The van der Waals surface area contributed by atoms with Crippen LogP contribution in [0.2, 0.25) is 5.02 Å². The lowest BCUT2D eigenvalue weighted by Gasteiger charge is -2.12. The Morgan fingerprint density at radius 3 is 2.70 bits per heavy atom. The van der Waals surface area contributed by atoms with Gasteiger partial charge in [0.2, 0.25) is 0 Å². The number of benzene rings is 2. The van der Waals surface area contributed by atoms with Gasteiger partial charge in [-0.15, -0.1) is 0 Å². The highest BCUT2D eigenvalue weighted by molar-refractivity contribution is 6.30. The fraction of sp³-hybridized carbons (Fsp3) is 0.250. The molecule has 0 amide bonds. The van der Waals surface area contributed by atoms with Crippen molar-refractivity contribution in [3.8, 4) is 5.75 Å². The highest BCUT2D eigenvalue weighted by atomic mass is 35.5. The molecule has 1 N–H and O–H groups in total. The molecule has 0 heterocycles. The van der Waals surface area contributed by atoms with Crippen LogP contribution in [0, 0.1) is 5.82 Å². The monoisotopic (exact) mass is 293 g/mol. The van der Waals surface area contributed by atoms with E-state index in [1.165, 1.54) is 6.07 Å². The van der Waals surface area contributed by atoms with Crippen molar-refractivity contribution in [1.82, 2.24) is 0 Å². The zero-order valence-corrected chi connectivity index (χ0v) is 12.2. The summed E-state index contributed by atoms with van der Waals surface area (Å²) in [5, 5.41) is 3.44. The van der Waals surface area contributed by atoms with Crippen LogP contribution < -0.4 is 10.1 Å². The second-order valence-electron chi connectivity index (χ2n) is 4.79. The Balaban J connectivity index is 2.03. The molecule has 0 aromatic heterocycles. The van der Waals surface area contributed by atoms with Crippen LogP contribution in [0.4, 0.5) is 10.1 Å². The van der Waals surface area contributed by atoms with E-state index in [1.807, 2.05) is 38.1 Å². The van der Waals surface area contributed by atoms with Crippen molar-refractivity contribution in [3.05, 3.63) is 58.9 Å². The number of rotatable bonds is 5. The molecular weight excluding hydrogens is 277 g/mol. The molecule has 0 saturated carbocycles. The molecule has 0 aliphatic heterocycles. The van der Waals surface area contributed by atoms with Gasteiger partial charge in [0, 0.05) is 11.6 Å². The number of ether oxygens (including phenoxy) is 1. The second-order valence-corrected chi connectivity index (χ2v) is 5.23. The first-order valence-electron chi connectivity index (χ1n) is 6.49. The predicted octanol–water partition coefficient (Wildman–Crippen LogP) is 4.88. The van der Waals surface area contributed by atoms with E-state index in [9.17, 15) is 4.39 Å². The van der Waals surface area contributed by atoms with Crippen molar-refractivity contribution in [3.63, 3.8) is 0 Å². The van der Waals surface area contributed by atoms with Gasteiger partial charge in [0.15, 0.2) is 0 Å². The summed E-state index contributed by atoms with van der Waals surface area (Å²) in [6.45, 7) is 4.48. The second kappa shape index (κ2) is 6.62. The van der Waals surface area contributed by atoms with Gasteiger partial charge in [0.05, 0.1) is 11.8 Å². The summed E-state index contributed by atoms with van der Waals surface area (Å²) in [6, 6.07) is 12.3. The Bertz CT molecular complexity index is 586. The lowest BCUT2D eigenvalue weighted by atomic mass is 10.2. The first-order chi connectivity index (χ1) is 9.54. The average Bonchev–Trinajstić information content (AvgIpc) is 2.37. The maximum atomic E-state index is 13.6. The molecule has 4 heteroatoms. The average molecular weight is 294 g/mol. The molecule has 0 radical (unpaired) electrons. The van der Waals surface area contributed by atoms with Crippen molar-refractivity contribution < 1.29 is 9.13 Å². The highest BCUT2D eigenvalue weighted by Gasteiger charge is 2.03. The van der Waals surface area contributed by atoms with E-state index < -0.39 is 0 Å². The van der Waals surface area contributed by atoms with E-state index in [2.05, 4.69) is 5.32 Å². The third-order valence-corrected chi connectivity index (χ3v) is 2.92. The van der Waals surface area contributed by atoms with Gasteiger partial charge >= 0.3 is 0 Å².